The van der Waals surface area contributed by atoms with Gasteiger partial charge in [0.15, 0.2) is 0 Å². The number of morpholine rings is 1. The third kappa shape index (κ3) is 5.61. The second kappa shape index (κ2) is 7.56. The van der Waals surface area contributed by atoms with Crippen molar-refractivity contribution in [3.63, 3.8) is 0 Å². The maximum Gasteiger partial charge on any atom is 0.234 e. The van der Waals surface area contributed by atoms with Gasteiger partial charge in [0.05, 0.1) is 25.3 Å². The molecule has 122 valence electrons. The van der Waals surface area contributed by atoms with E-state index >= 15 is 0 Å². The fourth-order valence-corrected chi connectivity index (χ4v) is 2.40. The Bertz CT molecular complexity index is 491. The maximum atomic E-state index is 12.7. The summed E-state index contributed by atoms with van der Waals surface area (Å²) in [6.45, 7) is 7.34. The Morgan fingerprint density at radius 1 is 1.41 bits per heavy atom. The largest absolute Gasteiger partial charge is 0.492 e. The van der Waals surface area contributed by atoms with Crippen molar-refractivity contribution < 1.29 is 18.7 Å². The lowest BCUT2D eigenvalue weighted by Gasteiger charge is -2.37. The first kappa shape index (κ1) is 16.7. The molecule has 1 saturated heterocycles. The van der Waals surface area contributed by atoms with Crippen molar-refractivity contribution in [2.75, 3.05) is 39.4 Å². The molecule has 1 amide bonds. The highest BCUT2D eigenvalue weighted by molar-refractivity contribution is 5.78. The summed E-state index contributed by atoms with van der Waals surface area (Å²) >= 11 is 0. The first-order chi connectivity index (χ1) is 10.4. The van der Waals surface area contributed by atoms with E-state index in [-0.39, 0.29) is 17.3 Å². The van der Waals surface area contributed by atoms with Crippen LogP contribution in [0.3, 0.4) is 0 Å². The van der Waals surface area contributed by atoms with Crippen molar-refractivity contribution in [1.29, 1.82) is 0 Å². The smallest absolute Gasteiger partial charge is 0.234 e. The Morgan fingerprint density at radius 2 is 2.14 bits per heavy atom. The van der Waals surface area contributed by atoms with Gasteiger partial charge >= 0.3 is 0 Å². The number of amides is 1. The fourth-order valence-electron chi connectivity index (χ4n) is 2.40. The minimum Gasteiger partial charge on any atom is -0.492 e. The average molecular weight is 310 g/mol. The molecule has 0 radical (unpaired) electrons. The van der Waals surface area contributed by atoms with Crippen molar-refractivity contribution in [3.05, 3.63) is 30.1 Å². The molecule has 0 bridgehead atoms. The molecule has 2 rings (SSSR count). The van der Waals surface area contributed by atoms with Gasteiger partial charge in [-0.3, -0.25) is 9.69 Å². The first-order valence-electron chi connectivity index (χ1n) is 7.46. The molecule has 0 atom stereocenters. The summed E-state index contributed by atoms with van der Waals surface area (Å²) in [6.07, 6.45) is 0. The molecule has 1 heterocycles. The van der Waals surface area contributed by atoms with E-state index in [4.69, 9.17) is 9.47 Å². The Labute approximate surface area is 130 Å². The average Bonchev–Trinajstić information content (AvgIpc) is 2.44. The number of rotatable bonds is 6. The monoisotopic (exact) mass is 310 g/mol. The number of nitrogens with one attached hydrogen (secondary N) is 1. The van der Waals surface area contributed by atoms with Gasteiger partial charge < -0.3 is 14.8 Å². The van der Waals surface area contributed by atoms with Gasteiger partial charge in [-0.25, -0.2) is 4.39 Å². The molecule has 0 aliphatic carbocycles. The number of carbonyl (C=O) groups is 1. The lowest BCUT2D eigenvalue weighted by Crippen LogP contribution is -2.51. The number of carbonyl (C=O) groups excluding carboxylic acids is 1. The summed E-state index contributed by atoms with van der Waals surface area (Å²) < 4.78 is 23.8. The summed E-state index contributed by atoms with van der Waals surface area (Å²) in [6, 6.07) is 5.81. The van der Waals surface area contributed by atoms with Crippen LogP contribution in [-0.2, 0) is 9.53 Å². The number of benzene rings is 1. The molecule has 0 saturated carbocycles. The molecular formula is C16H23FN2O3. The van der Waals surface area contributed by atoms with Crippen LogP contribution < -0.4 is 10.1 Å². The number of halogens is 1. The highest BCUT2D eigenvalue weighted by atomic mass is 19.1. The van der Waals surface area contributed by atoms with Crippen LogP contribution >= 0.6 is 0 Å². The Morgan fingerprint density at radius 3 is 2.82 bits per heavy atom. The lowest BCUT2D eigenvalue weighted by molar-refractivity contribution is -0.127. The number of nitrogens with zero attached hydrogens (tertiary/aromatic N) is 1. The van der Waals surface area contributed by atoms with E-state index in [9.17, 15) is 9.18 Å². The quantitative estimate of drug-likeness (QED) is 0.808. The molecule has 1 aromatic rings. The predicted molar refractivity (Wildman–Crippen MR) is 81.4 cm³/mol. The van der Waals surface area contributed by atoms with Crippen LogP contribution in [0.4, 0.5) is 4.39 Å². The van der Waals surface area contributed by atoms with Crippen molar-refractivity contribution in [2.45, 2.75) is 19.4 Å². The van der Waals surface area contributed by atoms with Gasteiger partial charge in [0, 0.05) is 13.1 Å². The van der Waals surface area contributed by atoms with Gasteiger partial charge in [0.25, 0.3) is 0 Å². The minimum atomic E-state index is -0.297. The zero-order chi connectivity index (χ0) is 16.0. The van der Waals surface area contributed by atoms with E-state index < -0.39 is 0 Å². The molecule has 0 spiro atoms. The number of hydrogen-bond donors (Lipinski definition) is 1. The van der Waals surface area contributed by atoms with Crippen LogP contribution in [0, 0.1) is 5.82 Å². The van der Waals surface area contributed by atoms with E-state index in [1.165, 1.54) is 12.1 Å². The molecule has 1 aliphatic heterocycles. The van der Waals surface area contributed by atoms with Gasteiger partial charge in [-0.15, -0.1) is 0 Å². The Hall–Kier alpha value is -1.66. The third-order valence-corrected chi connectivity index (χ3v) is 3.38. The van der Waals surface area contributed by atoms with Gasteiger partial charge in [-0.2, -0.15) is 0 Å². The minimum absolute atomic E-state index is 0.0274. The van der Waals surface area contributed by atoms with Crippen LogP contribution in [-0.4, -0.2) is 55.8 Å². The van der Waals surface area contributed by atoms with Crippen molar-refractivity contribution in [1.82, 2.24) is 10.2 Å². The van der Waals surface area contributed by atoms with Crippen LogP contribution in [0.2, 0.25) is 0 Å². The Kier molecular flexibility index (Phi) is 5.74. The molecule has 1 N–H and O–H groups in total. The van der Waals surface area contributed by atoms with E-state index in [2.05, 4.69) is 10.2 Å². The topological polar surface area (TPSA) is 50.8 Å². The van der Waals surface area contributed by atoms with Crippen LogP contribution in [0.15, 0.2) is 24.3 Å². The number of hydrogen-bond acceptors (Lipinski definition) is 4. The normalized spacial score (nSPS) is 18.0. The fraction of sp³-hybridized carbons (Fsp3) is 0.562. The zero-order valence-electron chi connectivity index (χ0n) is 13.1. The van der Waals surface area contributed by atoms with E-state index in [1.807, 2.05) is 13.8 Å². The highest BCUT2D eigenvalue weighted by Crippen LogP contribution is 2.15. The van der Waals surface area contributed by atoms with Crippen LogP contribution in [0.5, 0.6) is 5.75 Å². The highest BCUT2D eigenvalue weighted by Gasteiger charge is 2.27. The third-order valence-electron chi connectivity index (χ3n) is 3.38. The Balaban J connectivity index is 1.62. The zero-order valence-corrected chi connectivity index (χ0v) is 13.1. The molecule has 5 nitrogen and oxygen atoms in total. The second-order valence-electron chi connectivity index (χ2n) is 5.97. The van der Waals surface area contributed by atoms with Crippen molar-refractivity contribution in [3.8, 4) is 5.75 Å². The SMILES string of the molecule is CC1(C)CN(CC(=O)NCCOc2ccc(F)cc2)CCO1. The summed E-state index contributed by atoms with van der Waals surface area (Å²) in [7, 11) is 0. The van der Waals surface area contributed by atoms with Crippen LogP contribution in [0.1, 0.15) is 13.8 Å². The molecule has 1 aromatic carbocycles. The summed E-state index contributed by atoms with van der Waals surface area (Å²) in [5.41, 5.74) is -0.204. The van der Waals surface area contributed by atoms with Gasteiger partial charge in [-0.05, 0) is 38.1 Å². The van der Waals surface area contributed by atoms with Crippen LogP contribution in [0.25, 0.3) is 0 Å². The first-order valence-corrected chi connectivity index (χ1v) is 7.46. The van der Waals surface area contributed by atoms with E-state index in [1.54, 1.807) is 12.1 Å². The number of ether oxygens (including phenoxy) is 2. The maximum absolute atomic E-state index is 12.7. The summed E-state index contributed by atoms with van der Waals surface area (Å²) in [5, 5.41) is 2.82. The molecule has 22 heavy (non-hydrogen) atoms. The van der Waals surface area contributed by atoms with Gasteiger partial charge in [-0.1, -0.05) is 0 Å². The predicted octanol–water partition coefficient (Wildman–Crippen LogP) is 1.43. The second-order valence-corrected chi connectivity index (χ2v) is 5.97. The van der Waals surface area contributed by atoms with Gasteiger partial charge in [0.1, 0.15) is 18.2 Å². The van der Waals surface area contributed by atoms with Crippen molar-refractivity contribution in [2.24, 2.45) is 0 Å². The van der Waals surface area contributed by atoms with Crippen molar-refractivity contribution >= 4 is 5.91 Å². The lowest BCUT2D eigenvalue weighted by atomic mass is 10.1. The molecule has 0 aromatic heterocycles. The molecular weight excluding hydrogens is 287 g/mol. The molecule has 1 fully saturated rings. The van der Waals surface area contributed by atoms with Gasteiger partial charge in [0.2, 0.25) is 5.91 Å². The molecule has 0 unspecified atom stereocenters. The van der Waals surface area contributed by atoms with E-state index in [0.717, 1.165) is 13.1 Å². The summed E-state index contributed by atoms with van der Waals surface area (Å²) in [4.78, 5) is 14.0. The molecule has 6 heteroatoms. The van der Waals surface area contributed by atoms with E-state index in [0.29, 0.717) is 32.1 Å². The standard InChI is InChI=1S/C16H23FN2O3/c1-16(2)12-19(8-10-22-16)11-15(20)18-7-9-21-14-5-3-13(17)4-6-14/h3-6H,7-12H2,1-2H3,(H,18,20). The molecule has 1 aliphatic rings. The summed E-state index contributed by atoms with van der Waals surface area (Å²) in [5.74, 6) is 0.264.